The maximum absolute atomic E-state index is 12.9. The Morgan fingerprint density at radius 1 is 1.40 bits per heavy atom. The first-order valence-corrected chi connectivity index (χ1v) is 9.75. The second-order valence-electron chi connectivity index (χ2n) is 7.10. The quantitative estimate of drug-likeness (QED) is 0.803. The second-order valence-corrected chi connectivity index (χ2v) is 9.15. The summed E-state index contributed by atoms with van der Waals surface area (Å²) in [4.78, 5) is 30.3. The maximum Gasteiger partial charge on any atom is 0.246 e. The number of nitrogens with one attached hydrogen (secondary N) is 2. The van der Waals surface area contributed by atoms with Gasteiger partial charge in [-0.25, -0.2) is 0 Å². The average molecular weight is 378 g/mol. The number of hydrogen-bond acceptors (Lipinski definition) is 3. The number of carbonyl (C=O) groups is 2. The highest BCUT2D eigenvalue weighted by atomic mass is 35.5. The molecule has 0 spiro atoms. The van der Waals surface area contributed by atoms with Crippen molar-refractivity contribution in [3.05, 3.63) is 34.5 Å². The van der Waals surface area contributed by atoms with Crippen molar-refractivity contribution in [3.63, 3.8) is 0 Å². The van der Waals surface area contributed by atoms with Gasteiger partial charge in [0.15, 0.2) is 0 Å². The van der Waals surface area contributed by atoms with Crippen molar-refractivity contribution in [2.24, 2.45) is 0 Å². The summed E-state index contributed by atoms with van der Waals surface area (Å²) in [6.07, 6.45) is 0.769. The lowest BCUT2D eigenvalue weighted by atomic mass is 10.0. The highest BCUT2D eigenvalue weighted by Gasteiger charge is 2.39. The number of hydrogen-bond donors (Lipinski definition) is 2. The van der Waals surface area contributed by atoms with Crippen molar-refractivity contribution >= 4 is 46.1 Å². The lowest BCUT2D eigenvalue weighted by Crippen LogP contribution is -2.58. The number of H-pyrrole nitrogens is 1. The Bertz CT molecular complexity index is 877. The van der Waals surface area contributed by atoms with Gasteiger partial charge >= 0.3 is 0 Å². The molecule has 2 aliphatic rings. The molecule has 0 unspecified atom stereocenters. The zero-order chi connectivity index (χ0) is 17.8. The molecule has 2 aliphatic heterocycles. The van der Waals surface area contributed by atoms with Crippen LogP contribution in [-0.4, -0.2) is 44.8 Å². The van der Waals surface area contributed by atoms with Crippen molar-refractivity contribution in [1.29, 1.82) is 0 Å². The molecule has 3 heterocycles. The van der Waals surface area contributed by atoms with E-state index in [2.05, 4.69) is 10.3 Å². The van der Waals surface area contributed by atoms with Crippen molar-refractivity contribution in [2.45, 2.75) is 37.6 Å². The van der Waals surface area contributed by atoms with Crippen LogP contribution in [0.5, 0.6) is 0 Å². The van der Waals surface area contributed by atoms with E-state index >= 15 is 0 Å². The van der Waals surface area contributed by atoms with Gasteiger partial charge in [-0.3, -0.25) is 9.59 Å². The van der Waals surface area contributed by atoms with Crippen molar-refractivity contribution in [3.8, 4) is 0 Å². The number of halogens is 1. The molecular formula is C18H20ClN3O2S. The van der Waals surface area contributed by atoms with Gasteiger partial charge in [0.2, 0.25) is 11.8 Å². The van der Waals surface area contributed by atoms with Crippen molar-refractivity contribution < 1.29 is 9.59 Å². The third kappa shape index (κ3) is 2.81. The molecule has 7 heteroatoms. The van der Waals surface area contributed by atoms with Crippen LogP contribution in [0.2, 0.25) is 5.02 Å². The molecule has 0 radical (unpaired) electrons. The number of aromatic amines is 1. The predicted molar refractivity (Wildman–Crippen MR) is 101 cm³/mol. The first kappa shape index (κ1) is 16.8. The number of benzene rings is 1. The minimum Gasteiger partial charge on any atom is -0.357 e. The number of carbonyl (C=O) groups excluding carboxylic acids is 2. The molecule has 2 aromatic rings. The minimum absolute atomic E-state index is 0.00150. The number of nitrogens with zero attached hydrogens (tertiary/aromatic N) is 1. The van der Waals surface area contributed by atoms with Crippen LogP contribution in [0.25, 0.3) is 10.9 Å². The predicted octanol–water partition coefficient (Wildman–Crippen LogP) is 2.72. The standard InChI is InChI=1S/C18H20ClN3O2S/c1-18(2)17(24)21-14(9-25-18)16(23)22-7-6-13-11(8-22)10-4-3-5-12(19)15(10)20-13/h3-5,14,20H,6-9H2,1-2H3,(H,21,24)/t14-/m1/s1. The molecule has 0 aliphatic carbocycles. The fourth-order valence-electron chi connectivity index (χ4n) is 3.47. The largest absolute Gasteiger partial charge is 0.357 e. The van der Waals surface area contributed by atoms with Crippen molar-refractivity contribution in [1.82, 2.24) is 15.2 Å². The summed E-state index contributed by atoms with van der Waals surface area (Å²) in [7, 11) is 0. The third-order valence-corrected chi connectivity index (χ3v) is 6.75. The van der Waals surface area contributed by atoms with Gasteiger partial charge in [0.25, 0.3) is 0 Å². The van der Waals surface area contributed by atoms with E-state index in [9.17, 15) is 9.59 Å². The Morgan fingerprint density at radius 3 is 2.96 bits per heavy atom. The van der Waals surface area contributed by atoms with E-state index in [1.807, 2.05) is 36.9 Å². The highest BCUT2D eigenvalue weighted by molar-refractivity contribution is 8.01. The van der Waals surface area contributed by atoms with Crippen LogP contribution in [0.4, 0.5) is 0 Å². The van der Waals surface area contributed by atoms with Crippen LogP contribution < -0.4 is 5.32 Å². The Labute approximate surface area is 155 Å². The van der Waals surface area contributed by atoms with E-state index in [0.717, 1.165) is 28.6 Å². The molecule has 1 aromatic carbocycles. The molecule has 1 atom stereocenters. The molecule has 132 valence electrons. The van der Waals surface area contributed by atoms with Gasteiger partial charge in [0.1, 0.15) is 6.04 Å². The van der Waals surface area contributed by atoms with Gasteiger partial charge in [0.05, 0.1) is 15.3 Å². The summed E-state index contributed by atoms with van der Waals surface area (Å²) in [6, 6.07) is 5.39. The average Bonchev–Trinajstić information content (AvgIpc) is 2.96. The lowest BCUT2D eigenvalue weighted by molar-refractivity contribution is -0.137. The number of amides is 2. The molecule has 5 nitrogen and oxygen atoms in total. The van der Waals surface area contributed by atoms with Gasteiger partial charge in [-0.05, 0) is 19.9 Å². The van der Waals surface area contributed by atoms with E-state index in [4.69, 9.17) is 11.6 Å². The van der Waals surface area contributed by atoms with E-state index in [1.165, 1.54) is 11.8 Å². The molecule has 1 saturated heterocycles. The molecule has 1 fully saturated rings. The third-order valence-electron chi connectivity index (χ3n) is 5.03. The van der Waals surface area contributed by atoms with E-state index in [-0.39, 0.29) is 11.8 Å². The summed E-state index contributed by atoms with van der Waals surface area (Å²) in [5, 5.41) is 4.66. The summed E-state index contributed by atoms with van der Waals surface area (Å²) in [6.45, 7) is 4.97. The molecular weight excluding hydrogens is 358 g/mol. The molecule has 2 N–H and O–H groups in total. The summed E-state index contributed by atoms with van der Waals surface area (Å²) in [5.74, 6) is 0.540. The first-order chi connectivity index (χ1) is 11.9. The van der Waals surface area contributed by atoms with Gasteiger partial charge in [0, 0.05) is 41.9 Å². The Kier molecular flexibility index (Phi) is 4.00. The van der Waals surface area contributed by atoms with E-state index in [1.54, 1.807) is 0 Å². The lowest BCUT2D eigenvalue weighted by Gasteiger charge is -2.36. The van der Waals surface area contributed by atoms with Gasteiger partial charge in [-0.1, -0.05) is 23.7 Å². The molecule has 0 bridgehead atoms. The number of fused-ring (bicyclic) bond motifs is 3. The van der Waals surface area contributed by atoms with Gasteiger partial charge < -0.3 is 15.2 Å². The molecule has 0 saturated carbocycles. The maximum atomic E-state index is 12.9. The fraction of sp³-hybridized carbons (Fsp3) is 0.444. The fourth-order valence-corrected chi connectivity index (χ4v) is 4.70. The smallest absolute Gasteiger partial charge is 0.246 e. The van der Waals surface area contributed by atoms with Crippen LogP contribution >= 0.6 is 23.4 Å². The highest BCUT2D eigenvalue weighted by Crippen LogP contribution is 2.33. The Morgan fingerprint density at radius 2 is 2.20 bits per heavy atom. The van der Waals surface area contributed by atoms with Crippen LogP contribution in [0.3, 0.4) is 0 Å². The van der Waals surface area contributed by atoms with Crippen LogP contribution in [0.15, 0.2) is 18.2 Å². The minimum atomic E-state index is -0.473. The van der Waals surface area contributed by atoms with Crippen LogP contribution in [0.1, 0.15) is 25.1 Å². The summed E-state index contributed by atoms with van der Waals surface area (Å²) >= 11 is 7.82. The number of rotatable bonds is 1. The van der Waals surface area contributed by atoms with E-state index < -0.39 is 10.8 Å². The topological polar surface area (TPSA) is 65.2 Å². The molecule has 1 aromatic heterocycles. The molecule has 2 amide bonds. The van der Waals surface area contributed by atoms with Gasteiger partial charge in [-0.15, -0.1) is 11.8 Å². The van der Waals surface area contributed by atoms with Crippen molar-refractivity contribution in [2.75, 3.05) is 12.3 Å². The zero-order valence-electron chi connectivity index (χ0n) is 14.2. The normalized spacial score (nSPS) is 22.6. The first-order valence-electron chi connectivity index (χ1n) is 8.38. The zero-order valence-corrected chi connectivity index (χ0v) is 15.8. The number of aromatic nitrogens is 1. The molecule has 4 rings (SSSR count). The number of para-hydroxylation sites is 1. The van der Waals surface area contributed by atoms with Crippen LogP contribution in [-0.2, 0) is 22.6 Å². The van der Waals surface area contributed by atoms with Crippen LogP contribution in [0, 0.1) is 0 Å². The number of thioether (sulfide) groups is 1. The summed E-state index contributed by atoms with van der Waals surface area (Å²) in [5.41, 5.74) is 3.22. The second kappa shape index (κ2) is 5.95. The Balaban J connectivity index is 1.56. The van der Waals surface area contributed by atoms with Gasteiger partial charge in [-0.2, -0.15) is 0 Å². The Hall–Kier alpha value is -1.66. The summed E-state index contributed by atoms with van der Waals surface area (Å²) < 4.78 is -0.473. The SMILES string of the molecule is CC1(C)SC[C@H](C(=O)N2CCc3[nH]c4c(Cl)cccc4c3C2)NC1=O. The molecule has 25 heavy (non-hydrogen) atoms. The van der Waals surface area contributed by atoms with E-state index in [0.29, 0.717) is 23.9 Å². The monoisotopic (exact) mass is 377 g/mol.